The highest BCUT2D eigenvalue weighted by Crippen LogP contribution is 2.18. The molecule has 2 aromatic carbocycles. The lowest BCUT2D eigenvalue weighted by Gasteiger charge is -2.08. The molecule has 0 N–H and O–H groups in total. The van der Waals surface area contributed by atoms with Crippen LogP contribution in [0.2, 0.25) is 0 Å². The summed E-state index contributed by atoms with van der Waals surface area (Å²) in [6, 6.07) is 13.7. The highest BCUT2D eigenvalue weighted by atomic mass is 32.2. The molecule has 0 saturated carbocycles. The Morgan fingerprint density at radius 3 is 2.53 bits per heavy atom. The van der Waals surface area contributed by atoms with Crippen LogP contribution in [0, 0.1) is 5.92 Å². The first-order chi connectivity index (χ1) is 9.11. The molecule has 0 amide bonds. The van der Waals surface area contributed by atoms with Crippen LogP contribution in [0.25, 0.3) is 10.8 Å². The van der Waals surface area contributed by atoms with Crippen LogP contribution in [-0.2, 0) is 15.6 Å². The summed E-state index contributed by atoms with van der Waals surface area (Å²) in [5, 5.41) is 2.18. The van der Waals surface area contributed by atoms with Gasteiger partial charge < -0.3 is 0 Å². The van der Waals surface area contributed by atoms with E-state index in [9.17, 15) is 9.00 Å². The second-order valence-electron chi connectivity index (χ2n) is 4.77. The van der Waals surface area contributed by atoms with Gasteiger partial charge in [0, 0.05) is 10.8 Å². The summed E-state index contributed by atoms with van der Waals surface area (Å²) in [7, 11) is -1.24. The summed E-state index contributed by atoms with van der Waals surface area (Å²) in [6.45, 7) is 3.86. The molecule has 3 heteroatoms. The number of benzene rings is 2. The van der Waals surface area contributed by atoms with E-state index >= 15 is 0 Å². The molecule has 2 unspecified atom stereocenters. The van der Waals surface area contributed by atoms with Crippen molar-refractivity contribution in [3.05, 3.63) is 42.5 Å². The molecule has 0 aliphatic heterocycles. The maximum atomic E-state index is 12.2. The minimum Gasteiger partial charge on any atom is -0.298 e. The van der Waals surface area contributed by atoms with E-state index in [0.717, 1.165) is 22.1 Å². The van der Waals surface area contributed by atoms with E-state index in [1.165, 1.54) is 0 Å². The van der Waals surface area contributed by atoms with E-state index in [1.807, 2.05) is 56.3 Å². The second kappa shape index (κ2) is 6.11. The van der Waals surface area contributed by atoms with Crippen molar-refractivity contribution in [3.8, 4) is 0 Å². The van der Waals surface area contributed by atoms with Crippen LogP contribution in [0.1, 0.15) is 20.3 Å². The fourth-order valence-electron chi connectivity index (χ4n) is 1.89. The van der Waals surface area contributed by atoms with Gasteiger partial charge in [0.25, 0.3) is 0 Å². The Hall–Kier alpha value is -1.48. The van der Waals surface area contributed by atoms with Gasteiger partial charge in [0.2, 0.25) is 0 Å². The van der Waals surface area contributed by atoms with Crippen LogP contribution in [0.3, 0.4) is 0 Å². The maximum Gasteiger partial charge on any atom is 0.148 e. The number of fused-ring (bicyclic) bond motifs is 1. The molecule has 19 heavy (non-hydrogen) atoms. The van der Waals surface area contributed by atoms with Gasteiger partial charge in [-0.05, 0) is 29.3 Å². The second-order valence-corrected chi connectivity index (χ2v) is 6.23. The summed E-state index contributed by atoms with van der Waals surface area (Å²) >= 11 is 0. The van der Waals surface area contributed by atoms with Gasteiger partial charge >= 0.3 is 0 Å². The normalized spacial score (nSPS) is 14.2. The van der Waals surface area contributed by atoms with E-state index < -0.39 is 10.8 Å². The molecule has 0 aromatic heterocycles. The molecule has 2 rings (SSSR count). The molecule has 0 fully saturated rings. The van der Waals surface area contributed by atoms with Crippen LogP contribution in [0.4, 0.5) is 0 Å². The number of rotatable bonds is 5. The van der Waals surface area contributed by atoms with Crippen molar-refractivity contribution >= 4 is 27.4 Å². The van der Waals surface area contributed by atoms with E-state index in [2.05, 4.69) is 0 Å². The monoisotopic (exact) mass is 274 g/mol. The average molecular weight is 274 g/mol. The van der Waals surface area contributed by atoms with E-state index in [0.29, 0.717) is 0 Å². The third-order valence-electron chi connectivity index (χ3n) is 3.42. The molecule has 0 bridgehead atoms. The van der Waals surface area contributed by atoms with Crippen molar-refractivity contribution in [1.29, 1.82) is 0 Å². The van der Waals surface area contributed by atoms with E-state index in [1.54, 1.807) is 0 Å². The van der Waals surface area contributed by atoms with Crippen molar-refractivity contribution in [2.45, 2.75) is 25.2 Å². The first-order valence-electron chi connectivity index (χ1n) is 6.51. The molecule has 0 spiro atoms. The number of carbonyl (C=O) groups is 1. The van der Waals surface area contributed by atoms with Gasteiger partial charge in [-0.15, -0.1) is 0 Å². The quantitative estimate of drug-likeness (QED) is 0.835. The van der Waals surface area contributed by atoms with Crippen LogP contribution in [0.15, 0.2) is 47.4 Å². The van der Waals surface area contributed by atoms with Crippen LogP contribution in [-0.4, -0.2) is 15.7 Å². The Bertz CT molecular complexity index is 619. The van der Waals surface area contributed by atoms with Crippen molar-refractivity contribution in [3.63, 3.8) is 0 Å². The first kappa shape index (κ1) is 13.9. The molecule has 0 radical (unpaired) electrons. The molecule has 2 atom stereocenters. The maximum absolute atomic E-state index is 12.2. The average Bonchev–Trinajstić information content (AvgIpc) is 2.45. The largest absolute Gasteiger partial charge is 0.298 e. The molecule has 2 aromatic rings. The fourth-order valence-corrected chi connectivity index (χ4v) is 3.08. The van der Waals surface area contributed by atoms with Gasteiger partial charge in [0.15, 0.2) is 0 Å². The molecule has 0 aliphatic rings. The van der Waals surface area contributed by atoms with Crippen LogP contribution in [0.5, 0.6) is 0 Å². The summed E-state index contributed by atoms with van der Waals surface area (Å²) in [5.74, 6) is 0.186. The standard InChI is InChI=1S/C16H18O2S/c1-3-12(2)16(17)11-19(18)15-9-8-13-6-4-5-7-14(13)10-15/h4-10,12H,3,11H2,1-2H3. The Morgan fingerprint density at radius 2 is 1.84 bits per heavy atom. The lowest BCUT2D eigenvalue weighted by molar-refractivity contribution is -0.119. The molecular formula is C16H18O2S. The number of hydrogen-bond acceptors (Lipinski definition) is 2. The van der Waals surface area contributed by atoms with Crippen LogP contribution < -0.4 is 0 Å². The topological polar surface area (TPSA) is 34.1 Å². The lowest BCUT2D eigenvalue weighted by Crippen LogP contribution is -2.18. The predicted molar refractivity (Wildman–Crippen MR) is 79.7 cm³/mol. The molecule has 0 heterocycles. The summed E-state index contributed by atoms with van der Waals surface area (Å²) in [5.41, 5.74) is 0. The van der Waals surface area contributed by atoms with Gasteiger partial charge in [-0.25, -0.2) is 0 Å². The van der Waals surface area contributed by atoms with Crippen molar-refractivity contribution in [2.24, 2.45) is 5.92 Å². The zero-order chi connectivity index (χ0) is 13.8. The molecular weight excluding hydrogens is 256 g/mol. The van der Waals surface area contributed by atoms with Crippen LogP contribution >= 0.6 is 0 Å². The Morgan fingerprint density at radius 1 is 1.16 bits per heavy atom. The Balaban J connectivity index is 2.20. The minimum atomic E-state index is -1.24. The Labute approximate surface area is 116 Å². The van der Waals surface area contributed by atoms with Gasteiger partial charge in [-0.2, -0.15) is 0 Å². The lowest BCUT2D eigenvalue weighted by atomic mass is 10.1. The van der Waals surface area contributed by atoms with Crippen molar-refractivity contribution < 1.29 is 9.00 Å². The molecule has 0 saturated heterocycles. The number of hydrogen-bond donors (Lipinski definition) is 0. The van der Waals surface area contributed by atoms with Crippen molar-refractivity contribution in [2.75, 3.05) is 5.75 Å². The minimum absolute atomic E-state index is 0.00981. The fraction of sp³-hybridized carbons (Fsp3) is 0.312. The number of ketones is 1. The molecule has 2 nitrogen and oxygen atoms in total. The van der Waals surface area contributed by atoms with Gasteiger partial charge in [-0.1, -0.05) is 44.2 Å². The summed E-state index contributed by atoms with van der Waals surface area (Å²) < 4.78 is 12.2. The first-order valence-corrected chi connectivity index (χ1v) is 7.83. The zero-order valence-electron chi connectivity index (χ0n) is 11.3. The third-order valence-corrected chi connectivity index (χ3v) is 4.75. The molecule has 0 aliphatic carbocycles. The Kier molecular flexibility index (Phi) is 4.48. The van der Waals surface area contributed by atoms with Gasteiger partial charge in [0.1, 0.15) is 5.78 Å². The SMILES string of the molecule is CCC(C)C(=O)CS(=O)c1ccc2ccccc2c1. The highest BCUT2D eigenvalue weighted by molar-refractivity contribution is 7.85. The third kappa shape index (κ3) is 3.29. The van der Waals surface area contributed by atoms with Crippen molar-refractivity contribution in [1.82, 2.24) is 0 Å². The summed E-state index contributed by atoms with van der Waals surface area (Å²) in [6.07, 6.45) is 0.799. The van der Waals surface area contributed by atoms with E-state index in [4.69, 9.17) is 0 Å². The van der Waals surface area contributed by atoms with Gasteiger partial charge in [0.05, 0.1) is 16.6 Å². The van der Waals surface area contributed by atoms with E-state index in [-0.39, 0.29) is 17.5 Å². The highest BCUT2D eigenvalue weighted by Gasteiger charge is 2.15. The number of carbonyl (C=O) groups excluding carboxylic acids is 1. The predicted octanol–water partition coefficient (Wildman–Crippen LogP) is 3.56. The zero-order valence-corrected chi connectivity index (χ0v) is 12.1. The number of Topliss-reactive ketones (excluding diaryl/α,β-unsaturated/α-hetero) is 1. The smallest absolute Gasteiger partial charge is 0.148 e. The molecule has 100 valence electrons. The summed E-state index contributed by atoms with van der Waals surface area (Å²) in [4.78, 5) is 12.6. The van der Waals surface area contributed by atoms with Gasteiger partial charge in [-0.3, -0.25) is 9.00 Å².